The predicted octanol–water partition coefficient (Wildman–Crippen LogP) is 2.03. The first-order valence-corrected chi connectivity index (χ1v) is 8.59. The number of nitrogens with one attached hydrogen (secondary N) is 2. The Morgan fingerprint density at radius 2 is 1.64 bits per heavy atom. The highest BCUT2D eigenvalue weighted by molar-refractivity contribution is 7.89. The lowest BCUT2D eigenvalue weighted by molar-refractivity contribution is -0.122. The van der Waals surface area contributed by atoms with Crippen LogP contribution in [0.1, 0.15) is 20.8 Å². The van der Waals surface area contributed by atoms with Gasteiger partial charge in [0.05, 0.1) is 10.9 Å². The van der Waals surface area contributed by atoms with Crippen LogP contribution >= 0.6 is 0 Å². The second-order valence-electron chi connectivity index (χ2n) is 5.52. The molecule has 0 saturated carbocycles. The number of benzene rings is 2. The van der Waals surface area contributed by atoms with E-state index >= 15 is 0 Å². The van der Waals surface area contributed by atoms with Crippen LogP contribution in [-0.4, -0.2) is 26.4 Å². The third kappa shape index (κ3) is 3.84. The first-order valence-electron chi connectivity index (χ1n) is 7.11. The highest BCUT2D eigenvalue weighted by Crippen LogP contribution is 2.19. The molecule has 0 saturated heterocycles. The van der Waals surface area contributed by atoms with Crippen molar-refractivity contribution >= 4 is 26.7 Å². The van der Waals surface area contributed by atoms with Gasteiger partial charge in [0.15, 0.2) is 0 Å². The van der Waals surface area contributed by atoms with Crippen LogP contribution < -0.4 is 10.0 Å². The maximum Gasteiger partial charge on any atom is 0.241 e. The topological polar surface area (TPSA) is 75.3 Å². The van der Waals surface area contributed by atoms with Crippen LogP contribution in [0.4, 0.5) is 0 Å². The summed E-state index contributed by atoms with van der Waals surface area (Å²) in [5.41, 5.74) is 0. The fraction of sp³-hybridized carbons (Fsp3) is 0.312. The Kier molecular flexibility index (Phi) is 4.83. The number of amides is 1. The maximum atomic E-state index is 12.4. The van der Waals surface area contributed by atoms with Gasteiger partial charge in [0, 0.05) is 6.04 Å². The molecule has 0 aliphatic carbocycles. The summed E-state index contributed by atoms with van der Waals surface area (Å²) in [6.45, 7) is 5.17. The minimum absolute atomic E-state index is 0.0416. The van der Waals surface area contributed by atoms with Crippen LogP contribution in [0.15, 0.2) is 47.4 Å². The maximum absolute atomic E-state index is 12.4. The number of hydrogen-bond donors (Lipinski definition) is 2. The molecular formula is C16H20N2O3S. The molecule has 2 rings (SSSR count). The molecule has 0 aliphatic rings. The molecule has 6 heteroatoms. The first-order chi connectivity index (χ1) is 10.3. The molecule has 0 spiro atoms. The van der Waals surface area contributed by atoms with E-state index in [9.17, 15) is 13.2 Å². The Hall–Kier alpha value is -1.92. The molecule has 118 valence electrons. The first kappa shape index (κ1) is 16.5. The molecule has 0 heterocycles. The molecule has 0 fully saturated rings. The molecule has 0 radical (unpaired) electrons. The molecule has 0 unspecified atom stereocenters. The quantitative estimate of drug-likeness (QED) is 0.885. The fourth-order valence-corrected chi connectivity index (χ4v) is 3.34. The predicted molar refractivity (Wildman–Crippen MR) is 87.0 cm³/mol. The summed E-state index contributed by atoms with van der Waals surface area (Å²) in [5, 5.41) is 4.48. The lowest BCUT2D eigenvalue weighted by atomic mass is 10.1. The van der Waals surface area contributed by atoms with Crippen molar-refractivity contribution in [2.45, 2.75) is 37.8 Å². The number of carbonyl (C=O) groups is 1. The third-order valence-corrected chi connectivity index (χ3v) is 4.73. The fourth-order valence-electron chi connectivity index (χ4n) is 2.10. The number of fused-ring (bicyclic) bond motifs is 1. The highest BCUT2D eigenvalue weighted by Gasteiger charge is 2.22. The zero-order valence-electron chi connectivity index (χ0n) is 12.8. The van der Waals surface area contributed by atoms with E-state index in [1.54, 1.807) is 12.1 Å². The molecule has 0 bridgehead atoms. The molecule has 1 amide bonds. The monoisotopic (exact) mass is 320 g/mol. The van der Waals surface area contributed by atoms with Crippen molar-refractivity contribution in [3.63, 3.8) is 0 Å². The molecule has 2 N–H and O–H groups in total. The van der Waals surface area contributed by atoms with Gasteiger partial charge >= 0.3 is 0 Å². The lowest BCUT2D eigenvalue weighted by Gasteiger charge is -2.16. The Labute approximate surface area is 130 Å². The minimum atomic E-state index is -3.74. The summed E-state index contributed by atoms with van der Waals surface area (Å²) >= 11 is 0. The summed E-state index contributed by atoms with van der Waals surface area (Å²) < 4.78 is 27.2. The van der Waals surface area contributed by atoms with E-state index in [4.69, 9.17) is 0 Å². The second-order valence-corrected chi connectivity index (χ2v) is 7.23. The average molecular weight is 320 g/mol. The second kappa shape index (κ2) is 6.46. The van der Waals surface area contributed by atoms with Crippen LogP contribution in [0.5, 0.6) is 0 Å². The molecule has 5 nitrogen and oxygen atoms in total. The number of rotatable bonds is 5. The molecular weight excluding hydrogens is 300 g/mol. The summed E-state index contributed by atoms with van der Waals surface area (Å²) in [6, 6.07) is 11.5. The van der Waals surface area contributed by atoms with Gasteiger partial charge in [-0.2, -0.15) is 4.72 Å². The van der Waals surface area contributed by atoms with Crippen LogP contribution in [0, 0.1) is 0 Å². The molecule has 2 aromatic carbocycles. The van der Waals surface area contributed by atoms with E-state index in [1.165, 1.54) is 13.0 Å². The highest BCUT2D eigenvalue weighted by atomic mass is 32.2. The zero-order valence-corrected chi connectivity index (χ0v) is 13.6. The lowest BCUT2D eigenvalue weighted by Crippen LogP contribution is -2.46. The van der Waals surface area contributed by atoms with Gasteiger partial charge in [-0.05, 0) is 43.7 Å². The van der Waals surface area contributed by atoms with Crippen molar-refractivity contribution in [1.82, 2.24) is 10.0 Å². The van der Waals surface area contributed by atoms with Crippen molar-refractivity contribution in [3.05, 3.63) is 42.5 Å². The number of sulfonamides is 1. The van der Waals surface area contributed by atoms with Gasteiger partial charge in [-0.1, -0.05) is 30.3 Å². The van der Waals surface area contributed by atoms with Crippen molar-refractivity contribution < 1.29 is 13.2 Å². The number of hydrogen-bond acceptors (Lipinski definition) is 3. The van der Waals surface area contributed by atoms with Crippen molar-refractivity contribution in [2.24, 2.45) is 0 Å². The third-order valence-electron chi connectivity index (χ3n) is 3.19. The average Bonchev–Trinajstić information content (AvgIpc) is 2.45. The summed E-state index contributed by atoms with van der Waals surface area (Å²) in [7, 11) is -3.74. The summed E-state index contributed by atoms with van der Waals surface area (Å²) in [5.74, 6) is -0.348. The SMILES string of the molecule is CC(C)NC(=O)[C@@H](C)NS(=O)(=O)c1ccc2ccccc2c1. The van der Waals surface area contributed by atoms with Crippen LogP contribution in [0.25, 0.3) is 10.8 Å². The largest absolute Gasteiger partial charge is 0.353 e. The van der Waals surface area contributed by atoms with Crippen LogP contribution in [-0.2, 0) is 14.8 Å². The zero-order chi connectivity index (χ0) is 16.3. The Morgan fingerprint density at radius 3 is 2.27 bits per heavy atom. The van der Waals surface area contributed by atoms with Crippen molar-refractivity contribution in [3.8, 4) is 0 Å². The van der Waals surface area contributed by atoms with Crippen molar-refractivity contribution in [1.29, 1.82) is 0 Å². The molecule has 1 atom stereocenters. The Balaban J connectivity index is 2.23. The van der Waals surface area contributed by atoms with Gasteiger partial charge in [-0.3, -0.25) is 4.79 Å². The normalized spacial score (nSPS) is 13.3. The van der Waals surface area contributed by atoms with Crippen LogP contribution in [0.3, 0.4) is 0 Å². The van der Waals surface area contributed by atoms with Gasteiger partial charge < -0.3 is 5.32 Å². The molecule has 0 aromatic heterocycles. The van der Waals surface area contributed by atoms with E-state index in [0.717, 1.165) is 10.8 Å². The van der Waals surface area contributed by atoms with Crippen molar-refractivity contribution in [2.75, 3.05) is 0 Å². The van der Waals surface area contributed by atoms with Gasteiger partial charge in [0.1, 0.15) is 0 Å². The molecule has 22 heavy (non-hydrogen) atoms. The van der Waals surface area contributed by atoms with Gasteiger partial charge in [0.2, 0.25) is 15.9 Å². The molecule has 0 aliphatic heterocycles. The smallest absolute Gasteiger partial charge is 0.241 e. The Bertz CT molecular complexity index is 785. The van der Waals surface area contributed by atoms with E-state index in [2.05, 4.69) is 10.0 Å². The summed E-state index contributed by atoms with van der Waals surface area (Å²) in [4.78, 5) is 12.0. The van der Waals surface area contributed by atoms with E-state index < -0.39 is 16.1 Å². The van der Waals surface area contributed by atoms with E-state index in [-0.39, 0.29) is 16.8 Å². The van der Waals surface area contributed by atoms with E-state index in [1.807, 2.05) is 38.1 Å². The minimum Gasteiger partial charge on any atom is -0.353 e. The van der Waals surface area contributed by atoms with Gasteiger partial charge in [-0.25, -0.2) is 8.42 Å². The number of carbonyl (C=O) groups excluding carboxylic acids is 1. The van der Waals surface area contributed by atoms with Gasteiger partial charge in [-0.15, -0.1) is 0 Å². The van der Waals surface area contributed by atoms with E-state index in [0.29, 0.717) is 0 Å². The van der Waals surface area contributed by atoms with Gasteiger partial charge in [0.25, 0.3) is 0 Å². The summed E-state index contributed by atoms with van der Waals surface area (Å²) in [6.07, 6.45) is 0. The molecule has 2 aromatic rings. The standard InChI is InChI=1S/C16H20N2O3S/c1-11(2)17-16(19)12(3)18-22(20,21)15-9-8-13-6-4-5-7-14(13)10-15/h4-12,18H,1-3H3,(H,17,19)/t12-/m1/s1. The van der Waals surface area contributed by atoms with Crippen LogP contribution in [0.2, 0.25) is 0 Å². The Morgan fingerprint density at radius 1 is 1.00 bits per heavy atom.